The van der Waals surface area contributed by atoms with E-state index in [0.29, 0.717) is 5.75 Å². The van der Waals surface area contributed by atoms with E-state index in [1.54, 1.807) is 13.8 Å². The van der Waals surface area contributed by atoms with Crippen LogP contribution in [0.15, 0.2) is 24.3 Å². The molecule has 0 spiro atoms. The second-order valence-corrected chi connectivity index (χ2v) is 6.02. The van der Waals surface area contributed by atoms with Crippen molar-refractivity contribution in [2.24, 2.45) is 11.8 Å². The Hall–Kier alpha value is -2.37. The normalized spacial score (nSPS) is 14.3. The van der Waals surface area contributed by atoms with Gasteiger partial charge in [0.25, 0.3) is 0 Å². The van der Waals surface area contributed by atoms with Crippen LogP contribution < -0.4 is 10.1 Å². The Balaban J connectivity index is 2.59. The van der Waals surface area contributed by atoms with Gasteiger partial charge >= 0.3 is 5.97 Å². The quantitative estimate of drug-likeness (QED) is 0.721. The second kappa shape index (κ2) is 9.05. The summed E-state index contributed by atoms with van der Waals surface area (Å²) in [6.45, 7) is 6.66. The number of ketones is 1. The first kappa shape index (κ1) is 19.7. The molecule has 6 heteroatoms. The van der Waals surface area contributed by atoms with E-state index in [9.17, 15) is 19.5 Å². The van der Waals surface area contributed by atoms with E-state index < -0.39 is 29.8 Å². The van der Waals surface area contributed by atoms with Gasteiger partial charge in [-0.25, -0.2) is 0 Å². The lowest BCUT2D eigenvalue weighted by Crippen LogP contribution is -2.43. The minimum atomic E-state index is -1.05. The zero-order chi connectivity index (χ0) is 18.3. The molecule has 0 heterocycles. The Morgan fingerprint density at radius 3 is 2.25 bits per heavy atom. The molecule has 3 atom stereocenters. The van der Waals surface area contributed by atoms with Crippen molar-refractivity contribution in [1.82, 2.24) is 5.32 Å². The summed E-state index contributed by atoms with van der Waals surface area (Å²) in [6, 6.07) is 6.82. The Bertz CT molecular complexity index is 582. The van der Waals surface area contributed by atoms with E-state index in [4.69, 9.17) is 4.74 Å². The molecule has 1 amide bonds. The van der Waals surface area contributed by atoms with Crippen molar-refractivity contribution in [2.75, 3.05) is 6.61 Å². The minimum absolute atomic E-state index is 0.176. The highest BCUT2D eigenvalue weighted by Crippen LogP contribution is 2.19. The maximum atomic E-state index is 12.1. The van der Waals surface area contributed by atoms with Crippen LogP contribution in [0.1, 0.15) is 32.8 Å². The highest BCUT2D eigenvalue weighted by atomic mass is 16.5. The third kappa shape index (κ3) is 6.02. The zero-order valence-corrected chi connectivity index (χ0v) is 14.5. The molecule has 0 aliphatic carbocycles. The van der Waals surface area contributed by atoms with E-state index in [1.807, 2.05) is 31.2 Å². The lowest BCUT2D eigenvalue weighted by Gasteiger charge is -2.21. The molecule has 0 bridgehead atoms. The van der Waals surface area contributed by atoms with Gasteiger partial charge < -0.3 is 15.2 Å². The van der Waals surface area contributed by atoms with Crippen molar-refractivity contribution in [1.29, 1.82) is 0 Å². The molecule has 0 saturated heterocycles. The Kier molecular flexibility index (Phi) is 7.42. The number of rotatable bonds is 9. The molecule has 6 nitrogen and oxygen atoms in total. The molecule has 0 aliphatic rings. The SMILES string of the molecule is CC(=O)[C@H](C)NC(=O)[C@H](C)[C@H](CCOc1ccc(C)cc1)C(=O)O. The van der Waals surface area contributed by atoms with Crippen LogP contribution in [0, 0.1) is 18.8 Å². The number of hydrogen-bond donors (Lipinski definition) is 2. The van der Waals surface area contributed by atoms with Gasteiger partial charge in [0, 0.05) is 5.92 Å². The molecular formula is C18H25NO5. The number of Topliss-reactive ketones (excluding diaryl/α,β-unsaturated/α-hetero) is 1. The average Bonchev–Trinajstić information content (AvgIpc) is 2.52. The van der Waals surface area contributed by atoms with Gasteiger partial charge in [-0.2, -0.15) is 0 Å². The number of ether oxygens (including phenoxy) is 1. The molecule has 0 aliphatic heterocycles. The summed E-state index contributed by atoms with van der Waals surface area (Å²) < 4.78 is 5.54. The van der Waals surface area contributed by atoms with Crippen molar-refractivity contribution in [2.45, 2.75) is 40.2 Å². The fourth-order valence-electron chi connectivity index (χ4n) is 2.15. The Labute approximate surface area is 142 Å². The van der Waals surface area contributed by atoms with Crippen molar-refractivity contribution in [3.63, 3.8) is 0 Å². The maximum Gasteiger partial charge on any atom is 0.307 e. The molecule has 132 valence electrons. The summed E-state index contributed by atoms with van der Waals surface area (Å²) in [5.41, 5.74) is 1.11. The van der Waals surface area contributed by atoms with Crippen molar-refractivity contribution in [3.8, 4) is 5.75 Å². The highest BCUT2D eigenvalue weighted by Gasteiger charge is 2.31. The fraction of sp³-hybridized carbons (Fsp3) is 0.500. The number of aliphatic carboxylic acids is 1. The Morgan fingerprint density at radius 2 is 1.75 bits per heavy atom. The van der Waals surface area contributed by atoms with E-state index in [1.165, 1.54) is 6.92 Å². The molecule has 0 radical (unpaired) electrons. The van der Waals surface area contributed by atoms with Gasteiger partial charge in [0.15, 0.2) is 5.78 Å². The third-order valence-electron chi connectivity index (χ3n) is 4.02. The summed E-state index contributed by atoms with van der Waals surface area (Å²) in [5.74, 6) is -2.65. The van der Waals surface area contributed by atoms with E-state index in [0.717, 1.165) is 5.56 Å². The van der Waals surface area contributed by atoms with Gasteiger partial charge in [-0.1, -0.05) is 24.6 Å². The van der Waals surface area contributed by atoms with Crippen LogP contribution in [-0.2, 0) is 14.4 Å². The first-order chi connectivity index (χ1) is 11.2. The van der Waals surface area contributed by atoms with Gasteiger partial charge in [-0.3, -0.25) is 14.4 Å². The van der Waals surface area contributed by atoms with Crippen LogP contribution in [0.5, 0.6) is 5.75 Å². The predicted molar refractivity (Wildman–Crippen MR) is 89.9 cm³/mol. The molecule has 0 unspecified atom stereocenters. The monoisotopic (exact) mass is 335 g/mol. The maximum absolute atomic E-state index is 12.1. The first-order valence-electron chi connectivity index (χ1n) is 7.95. The van der Waals surface area contributed by atoms with Crippen LogP contribution >= 0.6 is 0 Å². The lowest BCUT2D eigenvalue weighted by atomic mass is 9.90. The second-order valence-electron chi connectivity index (χ2n) is 6.02. The van der Waals surface area contributed by atoms with Gasteiger partial charge in [-0.15, -0.1) is 0 Å². The molecule has 1 aromatic rings. The summed E-state index contributed by atoms with van der Waals surface area (Å²) in [4.78, 5) is 34.8. The Morgan fingerprint density at radius 1 is 1.17 bits per heavy atom. The summed E-state index contributed by atoms with van der Waals surface area (Å²) in [5, 5.41) is 11.9. The number of hydrogen-bond acceptors (Lipinski definition) is 4. The summed E-state index contributed by atoms with van der Waals surface area (Å²) >= 11 is 0. The smallest absolute Gasteiger partial charge is 0.307 e. The molecule has 0 fully saturated rings. The van der Waals surface area contributed by atoms with Gasteiger partial charge in [0.1, 0.15) is 5.75 Å². The number of benzene rings is 1. The van der Waals surface area contributed by atoms with Crippen molar-refractivity contribution in [3.05, 3.63) is 29.8 Å². The van der Waals surface area contributed by atoms with Crippen LogP contribution in [0.25, 0.3) is 0 Å². The molecule has 24 heavy (non-hydrogen) atoms. The zero-order valence-electron chi connectivity index (χ0n) is 14.5. The molecular weight excluding hydrogens is 310 g/mol. The van der Waals surface area contributed by atoms with E-state index in [2.05, 4.69) is 5.32 Å². The molecule has 0 saturated carbocycles. The fourth-order valence-corrected chi connectivity index (χ4v) is 2.15. The number of amides is 1. The van der Waals surface area contributed by atoms with Crippen LogP contribution in [0.2, 0.25) is 0 Å². The predicted octanol–water partition coefficient (Wildman–Crippen LogP) is 2.19. The molecule has 1 aromatic carbocycles. The number of carboxylic acid groups (broad SMARTS) is 1. The van der Waals surface area contributed by atoms with Crippen LogP contribution in [0.3, 0.4) is 0 Å². The number of aryl methyl sites for hydroxylation is 1. The van der Waals surface area contributed by atoms with Crippen LogP contribution in [-0.4, -0.2) is 35.4 Å². The highest BCUT2D eigenvalue weighted by molar-refractivity contribution is 5.89. The van der Waals surface area contributed by atoms with Crippen molar-refractivity contribution >= 4 is 17.7 Å². The van der Waals surface area contributed by atoms with Crippen molar-refractivity contribution < 1.29 is 24.2 Å². The molecule has 0 aromatic heterocycles. The van der Waals surface area contributed by atoms with Crippen LogP contribution in [0.4, 0.5) is 0 Å². The molecule has 1 rings (SSSR count). The first-order valence-corrected chi connectivity index (χ1v) is 7.95. The number of carbonyl (C=O) groups is 3. The number of carbonyl (C=O) groups excluding carboxylic acids is 2. The summed E-state index contributed by atoms with van der Waals surface area (Å²) in [7, 11) is 0. The van der Waals surface area contributed by atoms with Gasteiger partial charge in [0.05, 0.1) is 18.6 Å². The number of nitrogens with one attached hydrogen (secondary N) is 1. The van der Waals surface area contributed by atoms with Gasteiger partial charge in [0.2, 0.25) is 5.91 Å². The van der Waals surface area contributed by atoms with Gasteiger partial charge in [-0.05, 0) is 39.3 Å². The minimum Gasteiger partial charge on any atom is -0.494 e. The van der Waals surface area contributed by atoms with E-state index >= 15 is 0 Å². The average molecular weight is 335 g/mol. The third-order valence-corrected chi connectivity index (χ3v) is 4.02. The topological polar surface area (TPSA) is 92.7 Å². The number of carboxylic acids is 1. The largest absolute Gasteiger partial charge is 0.494 e. The van der Waals surface area contributed by atoms with E-state index in [-0.39, 0.29) is 18.8 Å². The summed E-state index contributed by atoms with van der Waals surface area (Å²) in [6.07, 6.45) is 0.201. The molecule has 2 N–H and O–H groups in total. The lowest BCUT2D eigenvalue weighted by molar-refractivity contribution is -0.147. The standard InChI is InChI=1S/C18H25NO5/c1-11-5-7-15(8-6-11)24-10-9-16(18(22)23)12(2)17(21)19-13(3)14(4)20/h5-8,12-13,16H,9-10H2,1-4H3,(H,19,21)(H,22,23)/t12-,13+,16+/m1/s1.